The maximum absolute atomic E-state index is 13.8. The van der Waals surface area contributed by atoms with Gasteiger partial charge in [0.15, 0.2) is 0 Å². The highest BCUT2D eigenvalue weighted by Gasteiger charge is 2.11. The normalized spacial score (nSPS) is 10.8. The quantitative estimate of drug-likeness (QED) is 0.710. The van der Waals surface area contributed by atoms with E-state index in [9.17, 15) is 9.18 Å². The molecule has 0 fully saturated rings. The average Bonchev–Trinajstić information content (AvgIpc) is 3.18. The number of nitrogens with one attached hydrogen (secondary N) is 1. The lowest BCUT2D eigenvalue weighted by Gasteiger charge is -2.05. The van der Waals surface area contributed by atoms with Crippen LogP contribution in [0.15, 0.2) is 36.9 Å². The molecule has 0 atom stereocenters. The van der Waals surface area contributed by atoms with E-state index in [-0.39, 0.29) is 24.8 Å². The molecule has 130 valence electrons. The maximum atomic E-state index is 13.8. The Morgan fingerprint density at radius 1 is 1.28 bits per heavy atom. The molecule has 0 saturated heterocycles. The zero-order valence-corrected chi connectivity index (χ0v) is 14.4. The van der Waals surface area contributed by atoms with E-state index in [0.29, 0.717) is 22.2 Å². The van der Waals surface area contributed by atoms with Gasteiger partial charge in [0.1, 0.15) is 12.1 Å². The van der Waals surface area contributed by atoms with E-state index in [4.69, 9.17) is 23.2 Å². The Morgan fingerprint density at radius 2 is 2.12 bits per heavy atom. The Kier molecular flexibility index (Phi) is 5.30. The molecule has 0 radical (unpaired) electrons. The van der Waals surface area contributed by atoms with Crippen molar-refractivity contribution in [2.75, 3.05) is 5.32 Å². The first kappa shape index (κ1) is 17.4. The third kappa shape index (κ3) is 4.55. The minimum atomic E-state index is -0.425. The minimum absolute atomic E-state index is 0.111. The van der Waals surface area contributed by atoms with E-state index in [1.807, 2.05) is 0 Å². The molecule has 3 rings (SSSR count). The summed E-state index contributed by atoms with van der Waals surface area (Å²) in [6.45, 7) is 0.490. The van der Waals surface area contributed by atoms with Gasteiger partial charge in [-0.2, -0.15) is 5.10 Å². The van der Waals surface area contributed by atoms with Crippen LogP contribution in [0.3, 0.4) is 0 Å². The third-order valence-electron chi connectivity index (χ3n) is 3.34. The maximum Gasteiger partial charge on any atom is 0.248 e. The number of nitrogens with zero attached hydrogens (tertiary/aromatic N) is 5. The van der Waals surface area contributed by atoms with E-state index >= 15 is 0 Å². The van der Waals surface area contributed by atoms with E-state index in [1.165, 1.54) is 29.3 Å². The predicted octanol–water partition coefficient (Wildman–Crippen LogP) is 3.00. The van der Waals surface area contributed by atoms with Crippen LogP contribution in [-0.4, -0.2) is 30.5 Å². The molecule has 1 amide bonds. The second-order valence-corrected chi connectivity index (χ2v) is 6.03. The number of carbonyl (C=O) groups is 1. The molecule has 0 unspecified atom stereocenters. The van der Waals surface area contributed by atoms with Gasteiger partial charge >= 0.3 is 0 Å². The van der Waals surface area contributed by atoms with Gasteiger partial charge in [0, 0.05) is 29.7 Å². The topological polar surface area (TPSA) is 77.6 Å². The average molecular weight is 383 g/mol. The lowest BCUT2D eigenvalue weighted by molar-refractivity contribution is -0.116. The van der Waals surface area contributed by atoms with Crippen LogP contribution in [-0.2, 0) is 17.9 Å². The standard InChI is InChI=1S/C15H13Cl2FN6O/c16-10-6-20-23(7-10)5-4-14(25)21-15-19-9-24(22-15)8-11-12(17)2-1-3-13(11)18/h1-3,6-7,9H,4-5,8H2,(H,21,22,25). The first-order valence-electron chi connectivity index (χ1n) is 7.31. The van der Waals surface area contributed by atoms with Crippen molar-refractivity contribution < 1.29 is 9.18 Å². The monoisotopic (exact) mass is 382 g/mol. The summed E-state index contributed by atoms with van der Waals surface area (Å²) < 4.78 is 16.7. The first-order valence-corrected chi connectivity index (χ1v) is 8.07. The number of amides is 1. The van der Waals surface area contributed by atoms with Crippen LogP contribution in [0.25, 0.3) is 0 Å². The van der Waals surface area contributed by atoms with Crippen molar-refractivity contribution in [1.82, 2.24) is 24.5 Å². The van der Waals surface area contributed by atoms with Crippen molar-refractivity contribution in [1.29, 1.82) is 0 Å². The summed E-state index contributed by atoms with van der Waals surface area (Å²) in [6, 6.07) is 4.45. The van der Waals surface area contributed by atoms with Gasteiger partial charge in [0.05, 0.1) is 17.8 Å². The van der Waals surface area contributed by atoms with Crippen LogP contribution in [0.5, 0.6) is 0 Å². The van der Waals surface area contributed by atoms with Crippen LogP contribution >= 0.6 is 23.2 Å². The smallest absolute Gasteiger partial charge is 0.248 e. The molecule has 0 spiro atoms. The molecule has 0 aliphatic carbocycles. The number of aromatic nitrogens is 5. The fourth-order valence-corrected chi connectivity index (χ4v) is 2.52. The van der Waals surface area contributed by atoms with Crippen molar-refractivity contribution in [2.45, 2.75) is 19.5 Å². The summed E-state index contributed by atoms with van der Waals surface area (Å²) >= 11 is 11.7. The number of aryl methyl sites for hydroxylation is 1. The number of anilines is 1. The van der Waals surface area contributed by atoms with Gasteiger partial charge in [-0.15, -0.1) is 5.10 Å². The Balaban J connectivity index is 1.57. The van der Waals surface area contributed by atoms with Gasteiger partial charge in [-0.05, 0) is 12.1 Å². The molecule has 0 saturated carbocycles. The predicted molar refractivity (Wildman–Crippen MR) is 91.0 cm³/mol. The Morgan fingerprint density at radius 3 is 2.84 bits per heavy atom. The van der Waals surface area contributed by atoms with Crippen LogP contribution in [0.1, 0.15) is 12.0 Å². The molecule has 7 nitrogen and oxygen atoms in total. The highest BCUT2D eigenvalue weighted by Crippen LogP contribution is 2.19. The summed E-state index contributed by atoms with van der Waals surface area (Å²) in [4.78, 5) is 15.9. The number of rotatable bonds is 6. The van der Waals surface area contributed by atoms with Crippen LogP contribution in [0, 0.1) is 5.82 Å². The molecule has 10 heteroatoms. The molecular weight excluding hydrogens is 370 g/mol. The molecule has 1 N–H and O–H groups in total. The van der Waals surface area contributed by atoms with E-state index in [0.717, 1.165) is 0 Å². The molecule has 0 bridgehead atoms. The van der Waals surface area contributed by atoms with Gasteiger partial charge in [0.25, 0.3) is 0 Å². The van der Waals surface area contributed by atoms with E-state index in [2.05, 4.69) is 20.5 Å². The third-order valence-corrected chi connectivity index (χ3v) is 3.89. The lowest BCUT2D eigenvalue weighted by atomic mass is 10.2. The van der Waals surface area contributed by atoms with Crippen molar-refractivity contribution in [3.63, 3.8) is 0 Å². The van der Waals surface area contributed by atoms with Crippen molar-refractivity contribution in [3.8, 4) is 0 Å². The SMILES string of the molecule is O=C(CCn1cc(Cl)cn1)Nc1ncn(Cc2c(F)cccc2Cl)n1. The van der Waals surface area contributed by atoms with Crippen molar-refractivity contribution >= 4 is 35.1 Å². The first-order chi connectivity index (χ1) is 12.0. The zero-order chi connectivity index (χ0) is 17.8. The summed E-state index contributed by atoms with van der Waals surface area (Å²) in [5, 5.41) is 11.5. The summed E-state index contributed by atoms with van der Waals surface area (Å²) in [6.07, 6.45) is 4.70. The Bertz CT molecular complexity index is 874. The number of carbonyl (C=O) groups excluding carboxylic acids is 1. The molecule has 3 aromatic rings. The molecule has 2 heterocycles. The zero-order valence-electron chi connectivity index (χ0n) is 12.9. The largest absolute Gasteiger partial charge is 0.293 e. The van der Waals surface area contributed by atoms with Gasteiger partial charge in [-0.3, -0.25) is 14.8 Å². The lowest BCUT2D eigenvalue weighted by Crippen LogP contribution is -2.16. The van der Waals surface area contributed by atoms with Gasteiger partial charge in [-0.1, -0.05) is 29.3 Å². The number of halogens is 3. The van der Waals surface area contributed by atoms with E-state index in [1.54, 1.807) is 16.9 Å². The van der Waals surface area contributed by atoms with Crippen molar-refractivity contribution in [2.24, 2.45) is 0 Å². The molecule has 0 aliphatic heterocycles. The molecular formula is C15H13Cl2FN6O. The van der Waals surface area contributed by atoms with Crippen molar-refractivity contribution in [3.05, 3.63) is 58.3 Å². The van der Waals surface area contributed by atoms with Gasteiger partial charge in [0.2, 0.25) is 11.9 Å². The van der Waals surface area contributed by atoms with Gasteiger partial charge < -0.3 is 0 Å². The Hall–Kier alpha value is -2.45. The van der Waals surface area contributed by atoms with Crippen LogP contribution in [0.2, 0.25) is 10.0 Å². The summed E-state index contributed by atoms with van der Waals surface area (Å²) in [7, 11) is 0. The van der Waals surface area contributed by atoms with Crippen LogP contribution in [0.4, 0.5) is 10.3 Å². The minimum Gasteiger partial charge on any atom is -0.293 e. The summed E-state index contributed by atoms with van der Waals surface area (Å²) in [5.74, 6) is -0.560. The fraction of sp³-hybridized carbons (Fsp3) is 0.200. The highest BCUT2D eigenvalue weighted by atomic mass is 35.5. The number of hydrogen-bond acceptors (Lipinski definition) is 4. The summed E-state index contributed by atoms with van der Waals surface area (Å²) in [5.41, 5.74) is 0.308. The second-order valence-electron chi connectivity index (χ2n) is 5.19. The fourth-order valence-electron chi connectivity index (χ4n) is 2.14. The molecule has 25 heavy (non-hydrogen) atoms. The number of hydrogen-bond donors (Lipinski definition) is 1. The van der Waals surface area contributed by atoms with Gasteiger partial charge in [-0.25, -0.2) is 14.1 Å². The van der Waals surface area contributed by atoms with E-state index < -0.39 is 5.82 Å². The molecule has 0 aliphatic rings. The molecule has 2 aromatic heterocycles. The number of benzene rings is 1. The molecule has 1 aromatic carbocycles. The second kappa shape index (κ2) is 7.62. The Labute approximate surface area is 152 Å². The highest BCUT2D eigenvalue weighted by molar-refractivity contribution is 6.31. The van der Waals surface area contributed by atoms with Crippen LogP contribution < -0.4 is 5.32 Å².